The number of benzene rings is 1. The van der Waals surface area contributed by atoms with Gasteiger partial charge in [0.2, 0.25) is 0 Å². The van der Waals surface area contributed by atoms with E-state index in [2.05, 4.69) is 19.0 Å². The van der Waals surface area contributed by atoms with E-state index in [1.807, 2.05) is 24.1 Å². The standard InChI is InChI=1S/C15H21ClN2O.C4H4O4/c1-17(2)7-6-11-8-12-4-5-13(16)9-14(12)15(19)18(3)10-11;5-3(6)1-2-4(7)8/h4-5,9,11H,6-8,10H2,1-3H3;1-2H,(H,5,6)(H,7,8)/b;2-1+. The van der Waals surface area contributed by atoms with Crippen molar-refractivity contribution >= 4 is 29.4 Å². The number of fused-ring (bicyclic) bond motifs is 1. The molecule has 1 atom stereocenters. The first kappa shape index (κ1) is 22.7. The van der Waals surface area contributed by atoms with Crippen LogP contribution in [-0.2, 0) is 16.0 Å². The number of carboxylic acids is 2. The average Bonchev–Trinajstić information content (AvgIpc) is 2.69. The zero-order valence-electron chi connectivity index (χ0n) is 15.7. The van der Waals surface area contributed by atoms with E-state index in [1.165, 1.54) is 0 Å². The van der Waals surface area contributed by atoms with Crippen LogP contribution in [0.15, 0.2) is 30.4 Å². The van der Waals surface area contributed by atoms with Crippen LogP contribution in [0.25, 0.3) is 0 Å². The number of rotatable bonds is 5. The first-order valence-corrected chi connectivity index (χ1v) is 8.80. The van der Waals surface area contributed by atoms with Gasteiger partial charge < -0.3 is 20.0 Å². The summed E-state index contributed by atoms with van der Waals surface area (Å²) in [5.74, 6) is -1.91. The van der Waals surface area contributed by atoms with Crippen molar-refractivity contribution < 1.29 is 24.6 Å². The molecule has 1 aromatic rings. The molecule has 0 aromatic heterocycles. The third kappa shape index (κ3) is 8.23. The van der Waals surface area contributed by atoms with E-state index in [0.29, 0.717) is 23.1 Å². The molecule has 1 heterocycles. The van der Waals surface area contributed by atoms with Gasteiger partial charge in [-0.2, -0.15) is 0 Å². The van der Waals surface area contributed by atoms with Gasteiger partial charge in [-0.25, -0.2) is 9.59 Å². The molecule has 7 nitrogen and oxygen atoms in total. The third-order valence-electron chi connectivity index (χ3n) is 4.04. The van der Waals surface area contributed by atoms with Crippen molar-refractivity contribution in [2.45, 2.75) is 12.8 Å². The minimum atomic E-state index is -1.26. The van der Waals surface area contributed by atoms with E-state index in [0.717, 1.165) is 37.1 Å². The Morgan fingerprint density at radius 1 is 1.26 bits per heavy atom. The molecule has 0 fully saturated rings. The highest BCUT2D eigenvalue weighted by Crippen LogP contribution is 2.25. The van der Waals surface area contributed by atoms with E-state index in [4.69, 9.17) is 21.8 Å². The number of carboxylic acid groups (broad SMARTS) is 2. The van der Waals surface area contributed by atoms with Gasteiger partial charge in [-0.05, 0) is 57.1 Å². The summed E-state index contributed by atoms with van der Waals surface area (Å²) >= 11 is 6.00. The van der Waals surface area contributed by atoms with Gasteiger partial charge in [0.25, 0.3) is 5.91 Å². The Kier molecular flexibility index (Phi) is 8.97. The normalized spacial score (nSPS) is 16.6. The van der Waals surface area contributed by atoms with Crippen molar-refractivity contribution in [3.63, 3.8) is 0 Å². The van der Waals surface area contributed by atoms with Crippen molar-refractivity contribution in [1.29, 1.82) is 0 Å². The van der Waals surface area contributed by atoms with Crippen LogP contribution in [0.1, 0.15) is 22.3 Å². The molecular weight excluding hydrogens is 372 g/mol. The molecular formula is C19H25ClN2O5. The number of carbonyl (C=O) groups is 3. The van der Waals surface area contributed by atoms with Crippen molar-refractivity contribution in [1.82, 2.24) is 9.80 Å². The molecule has 1 aliphatic rings. The maximum absolute atomic E-state index is 12.3. The van der Waals surface area contributed by atoms with Gasteiger partial charge in [0.05, 0.1) is 0 Å². The number of carbonyl (C=O) groups excluding carboxylic acids is 1. The van der Waals surface area contributed by atoms with Gasteiger partial charge in [-0.3, -0.25) is 4.79 Å². The summed E-state index contributed by atoms with van der Waals surface area (Å²) in [6.07, 6.45) is 3.17. The molecule has 27 heavy (non-hydrogen) atoms. The Morgan fingerprint density at radius 3 is 2.37 bits per heavy atom. The third-order valence-corrected chi connectivity index (χ3v) is 4.28. The number of amides is 1. The van der Waals surface area contributed by atoms with Crippen molar-refractivity contribution in [2.24, 2.45) is 5.92 Å². The van der Waals surface area contributed by atoms with Crippen molar-refractivity contribution in [2.75, 3.05) is 34.2 Å². The van der Waals surface area contributed by atoms with Crippen molar-refractivity contribution in [3.05, 3.63) is 46.5 Å². The summed E-state index contributed by atoms with van der Waals surface area (Å²) in [5, 5.41) is 16.3. The van der Waals surface area contributed by atoms with Gasteiger partial charge in [0.15, 0.2) is 0 Å². The zero-order valence-corrected chi connectivity index (χ0v) is 16.4. The Labute approximate surface area is 163 Å². The molecule has 2 rings (SSSR count). The quantitative estimate of drug-likeness (QED) is 0.741. The second-order valence-electron chi connectivity index (χ2n) is 6.66. The molecule has 0 saturated carbocycles. The largest absolute Gasteiger partial charge is 0.478 e. The van der Waals surface area contributed by atoms with E-state index in [-0.39, 0.29) is 5.91 Å². The molecule has 1 aromatic carbocycles. The summed E-state index contributed by atoms with van der Waals surface area (Å²) in [7, 11) is 6.04. The van der Waals surface area contributed by atoms with Gasteiger partial charge >= 0.3 is 11.9 Å². The van der Waals surface area contributed by atoms with Gasteiger partial charge in [0.1, 0.15) is 0 Å². The number of halogens is 1. The van der Waals surface area contributed by atoms with Crippen molar-refractivity contribution in [3.8, 4) is 0 Å². The first-order valence-electron chi connectivity index (χ1n) is 8.42. The number of hydrogen-bond donors (Lipinski definition) is 2. The van der Waals surface area contributed by atoms with Crippen LogP contribution in [0.2, 0.25) is 5.02 Å². The fourth-order valence-corrected chi connectivity index (χ4v) is 2.93. The van der Waals surface area contributed by atoms with Crippen LogP contribution in [0.3, 0.4) is 0 Å². The summed E-state index contributed by atoms with van der Waals surface area (Å²) in [5.41, 5.74) is 1.89. The molecule has 0 spiro atoms. The lowest BCUT2D eigenvalue weighted by atomic mass is 9.94. The fourth-order valence-electron chi connectivity index (χ4n) is 2.75. The Bertz CT molecular complexity index is 702. The topological polar surface area (TPSA) is 98.2 Å². The highest BCUT2D eigenvalue weighted by Gasteiger charge is 2.25. The molecule has 2 N–H and O–H groups in total. The summed E-state index contributed by atoms with van der Waals surface area (Å²) < 4.78 is 0. The lowest BCUT2D eigenvalue weighted by Gasteiger charge is -2.21. The second-order valence-corrected chi connectivity index (χ2v) is 7.10. The predicted octanol–water partition coefficient (Wildman–Crippen LogP) is 2.25. The van der Waals surface area contributed by atoms with Gasteiger partial charge in [-0.1, -0.05) is 17.7 Å². The Morgan fingerprint density at radius 2 is 1.85 bits per heavy atom. The van der Waals surface area contributed by atoms with E-state index in [9.17, 15) is 14.4 Å². The Hall–Kier alpha value is -2.38. The number of hydrogen-bond acceptors (Lipinski definition) is 4. The number of aliphatic carboxylic acids is 2. The first-order chi connectivity index (χ1) is 12.6. The predicted molar refractivity (Wildman–Crippen MR) is 103 cm³/mol. The molecule has 1 amide bonds. The minimum absolute atomic E-state index is 0.0878. The SMILES string of the molecule is CN(C)CCC1Cc2ccc(Cl)cc2C(=O)N(C)C1.O=C(O)/C=C/C(=O)O. The average molecular weight is 397 g/mol. The monoisotopic (exact) mass is 396 g/mol. The van der Waals surface area contributed by atoms with Crippen LogP contribution in [-0.4, -0.2) is 72.1 Å². The molecule has 1 unspecified atom stereocenters. The minimum Gasteiger partial charge on any atom is -0.478 e. The highest BCUT2D eigenvalue weighted by molar-refractivity contribution is 6.31. The highest BCUT2D eigenvalue weighted by atomic mass is 35.5. The maximum Gasteiger partial charge on any atom is 0.328 e. The Balaban J connectivity index is 0.000000387. The number of nitrogens with zero attached hydrogens (tertiary/aromatic N) is 2. The van der Waals surface area contributed by atoms with Crippen LogP contribution in [0.5, 0.6) is 0 Å². The van der Waals surface area contributed by atoms with E-state index < -0.39 is 11.9 Å². The zero-order chi connectivity index (χ0) is 20.6. The smallest absolute Gasteiger partial charge is 0.328 e. The van der Waals surface area contributed by atoms with Crippen LogP contribution in [0.4, 0.5) is 0 Å². The summed E-state index contributed by atoms with van der Waals surface area (Å²) in [6.45, 7) is 1.87. The second kappa shape index (κ2) is 10.7. The summed E-state index contributed by atoms with van der Waals surface area (Å²) in [6, 6.07) is 5.67. The van der Waals surface area contributed by atoms with Gasteiger partial charge in [0, 0.05) is 36.3 Å². The van der Waals surface area contributed by atoms with E-state index in [1.54, 1.807) is 6.07 Å². The van der Waals surface area contributed by atoms with Crippen LogP contribution >= 0.6 is 11.6 Å². The lowest BCUT2D eigenvalue weighted by Crippen LogP contribution is -2.31. The van der Waals surface area contributed by atoms with E-state index >= 15 is 0 Å². The molecule has 0 aliphatic carbocycles. The molecule has 0 radical (unpaired) electrons. The van der Waals surface area contributed by atoms with Gasteiger partial charge in [-0.15, -0.1) is 0 Å². The molecule has 8 heteroatoms. The van der Waals surface area contributed by atoms with Crippen LogP contribution < -0.4 is 0 Å². The molecule has 1 aliphatic heterocycles. The summed E-state index contributed by atoms with van der Waals surface area (Å²) in [4.78, 5) is 35.4. The maximum atomic E-state index is 12.3. The lowest BCUT2D eigenvalue weighted by molar-refractivity contribution is -0.134. The molecule has 0 saturated heterocycles. The molecule has 148 valence electrons. The van der Waals surface area contributed by atoms with Crippen LogP contribution in [0, 0.1) is 5.92 Å². The molecule has 0 bridgehead atoms. The fraction of sp³-hybridized carbons (Fsp3) is 0.421.